The maximum absolute atomic E-state index is 6.16. The zero-order valence-corrected chi connectivity index (χ0v) is 30.8. The molecule has 0 bridgehead atoms. The summed E-state index contributed by atoms with van der Waals surface area (Å²) in [6.45, 7) is 0. The van der Waals surface area contributed by atoms with Gasteiger partial charge in [0.2, 0.25) is 0 Å². The molecule has 0 unspecified atom stereocenters. The second-order valence-corrected chi connectivity index (χ2v) is 14.8. The van der Waals surface area contributed by atoms with Crippen molar-refractivity contribution in [1.82, 2.24) is 14.1 Å². The topological polar surface area (TPSA) is 35.9 Å². The van der Waals surface area contributed by atoms with Crippen LogP contribution in [0.1, 0.15) is 0 Å². The van der Waals surface area contributed by atoms with Crippen LogP contribution in [-0.4, -0.2) is 14.1 Å². The van der Waals surface area contributed by atoms with E-state index in [0.29, 0.717) is 0 Å². The highest BCUT2D eigenvalue weighted by Crippen LogP contribution is 2.42. The van der Waals surface area contributed by atoms with E-state index < -0.39 is 0 Å². The van der Waals surface area contributed by atoms with Gasteiger partial charge in [0.25, 0.3) is 0 Å². The molecule has 0 aliphatic heterocycles. The van der Waals surface area contributed by atoms with E-state index in [4.69, 9.17) is 9.40 Å². The summed E-state index contributed by atoms with van der Waals surface area (Å²) >= 11 is 0. The molecule has 12 rings (SSSR count). The van der Waals surface area contributed by atoms with Crippen molar-refractivity contribution in [1.29, 1.82) is 0 Å². The van der Waals surface area contributed by atoms with Gasteiger partial charge in [-0.3, -0.25) is 4.57 Å². The molecular formula is C53H33N3O. The van der Waals surface area contributed by atoms with Crippen LogP contribution in [0.15, 0.2) is 205 Å². The largest absolute Gasteiger partial charge is 0.456 e. The fraction of sp³-hybridized carbons (Fsp3) is 0. The van der Waals surface area contributed by atoms with Gasteiger partial charge in [-0.2, -0.15) is 0 Å². The Bertz CT molecular complexity index is 3500. The second-order valence-electron chi connectivity index (χ2n) is 14.8. The highest BCUT2D eigenvalue weighted by molar-refractivity contribution is 6.20. The number of rotatable bonds is 5. The summed E-state index contributed by atoms with van der Waals surface area (Å²) in [6.07, 6.45) is 0. The summed E-state index contributed by atoms with van der Waals surface area (Å²) in [7, 11) is 0. The van der Waals surface area contributed by atoms with Crippen LogP contribution in [0.4, 0.5) is 0 Å². The fourth-order valence-electron chi connectivity index (χ4n) is 8.85. The molecule has 0 N–H and O–H groups in total. The van der Waals surface area contributed by atoms with Crippen LogP contribution >= 0.6 is 0 Å². The maximum atomic E-state index is 6.16. The summed E-state index contributed by atoms with van der Waals surface area (Å²) in [4.78, 5) is 5.41. The van der Waals surface area contributed by atoms with Gasteiger partial charge in [-0.15, -0.1) is 0 Å². The van der Waals surface area contributed by atoms with Crippen molar-refractivity contribution >= 4 is 65.6 Å². The fourth-order valence-corrected chi connectivity index (χ4v) is 8.85. The predicted octanol–water partition coefficient (Wildman–Crippen LogP) is 14.2. The lowest BCUT2D eigenvalue weighted by Gasteiger charge is -2.11. The molecule has 0 saturated heterocycles. The molecule has 0 saturated carbocycles. The van der Waals surface area contributed by atoms with Crippen LogP contribution in [0.5, 0.6) is 0 Å². The van der Waals surface area contributed by atoms with Gasteiger partial charge in [0.05, 0.1) is 27.8 Å². The normalized spacial score (nSPS) is 11.9. The number of pyridine rings is 1. The van der Waals surface area contributed by atoms with Gasteiger partial charge in [0.15, 0.2) is 0 Å². The monoisotopic (exact) mass is 727 g/mol. The number of benzene rings is 8. The van der Waals surface area contributed by atoms with Crippen LogP contribution in [-0.2, 0) is 0 Å². The third-order valence-electron chi connectivity index (χ3n) is 11.5. The van der Waals surface area contributed by atoms with E-state index in [2.05, 4.69) is 197 Å². The van der Waals surface area contributed by atoms with Gasteiger partial charge in [-0.25, -0.2) is 4.98 Å². The molecule has 12 aromatic rings. The molecule has 0 radical (unpaired) electrons. The highest BCUT2D eigenvalue weighted by Gasteiger charge is 2.21. The lowest BCUT2D eigenvalue weighted by Crippen LogP contribution is -1.99. The number of fused-ring (bicyclic) bond motifs is 9. The third-order valence-corrected chi connectivity index (χ3v) is 11.5. The van der Waals surface area contributed by atoms with Crippen LogP contribution in [0.2, 0.25) is 0 Å². The average molecular weight is 728 g/mol. The van der Waals surface area contributed by atoms with Crippen LogP contribution < -0.4 is 0 Å². The molecular weight excluding hydrogens is 695 g/mol. The number of para-hydroxylation sites is 2. The van der Waals surface area contributed by atoms with Gasteiger partial charge in [0.1, 0.15) is 17.0 Å². The zero-order valence-electron chi connectivity index (χ0n) is 30.8. The predicted molar refractivity (Wildman–Crippen MR) is 237 cm³/mol. The SMILES string of the molecule is c1ccc(-c2ccc3c(c2)c2cc4c5cc(-c6ccccc6)ccc5n(-c5cccc(-c6ccc7oc8ccccc8c7c6)n5)c4cc2n3-c2ccccc2)cc1. The Morgan fingerprint density at radius 2 is 0.860 bits per heavy atom. The van der Waals surface area contributed by atoms with Gasteiger partial charge in [0, 0.05) is 43.6 Å². The first-order valence-electron chi connectivity index (χ1n) is 19.4. The summed E-state index contributed by atoms with van der Waals surface area (Å²) in [6, 6.07) is 71.5. The minimum Gasteiger partial charge on any atom is -0.456 e. The van der Waals surface area contributed by atoms with Gasteiger partial charge >= 0.3 is 0 Å². The van der Waals surface area contributed by atoms with Crippen molar-refractivity contribution in [2.24, 2.45) is 0 Å². The standard InChI is InChI=1S/C53H33N3O/c1-4-13-34(14-5-1)36-23-26-47-41(29-36)43-32-44-42-30-37(35-15-6-2-7-16-35)24-27-48(42)56(50(44)33-49(43)55(47)39-17-8-3-9-18-39)53-22-12-20-46(54-53)38-25-28-52-45(31-38)40-19-10-11-21-51(40)57-52/h1-33H. The Morgan fingerprint density at radius 1 is 0.316 bits per heavy atom. The number of hydrogen-bond acceptors (Lipinski definition) is 2. The molecule has 0 amide bonds. The Hall–Kier alpha value is -7.69. The maximum Gasteiger partial charge on any atom is 0.138 e. The first kappa shape index (κ1) is 31.6. The van der Waals surface area contributed by atoms with Gasteiger partial charge in [-0.1, -0.05) is 115 Å². The van der Waals surface area contributed by atoms with Crippen LogP contribution in [0, 0.1) is 0 Å². The summed E-state index contributed by atoms with van der Waals surface area (Å²) in [5, 5.41) is 7.01. The summed E-state index contributed by atoms with van der Waals surface area (Å²) in [5.74, 6) is 0.866. The highest BCUT2D eigenvalue weighted by atomic mass is 16.3. The lowest BCUT2D eigenvalue weighted by molar-refractivity contribution is 0.669. The van der Waals surface area contributed by atoms with Crippen molar-refractivity contribution in [3.63, 3.8) is 0 Å². The van der Waals surface area contributed by atoms with Gasteiger partial charge in [-0.05, 0) is 107 Å². The summed E-state index contributed by atoms with van der Waals surface area (Å²) < 4.78 is 10.9. The Morgan fingerprint density at radius 3 is 1.56 bits per heavy atom. The van der Waals surface area contributed by atoms with E-state index in [-0.39, 0.29) is 0 Å². The molecule has 8 aromatic carbocycles. The first-order valence-corrected chi connectivity index (χ1v) is 19.4. The van der Waals surface area contributed by atoms with E-state index >= 15 is 0 Å². The molecule has 4 heteroatoms. The Kier molecular flexibility index (Phi) is 6.89. The molecule has 4 heterocycles. The zero-order chi connectivity index (χ0) is 37.5. The summed E-state index contributed by atoms with van der Waals surface area (Å²) in [5.41, 5.74) is 14.2. The number of furan rings is 1. The molecule has 0 spiro atoms. The molecule has 0 aliphatic carbocycles. The molecule has 266 valence electrons. The Balaban J connectivity index is 1.14. The molecule has 0 aliphatic rings. The molecule has 4 aromatic heterocycles. The molecule has 57 heavy (non-hydrogen) atoms. The number of hydrogen-bond donors (Lipinski definition) is 0. The quantitative estimate of drug-likeness (QED) is 0.177. The number of aromatic nitrogens is 3. The van der Waals surface area contributed by atoms with Crippen LogP contribution in [0.25, 0.3) is 111 Å². The molecule has 4 nitrogen and oxygen atoms in total. The molecule has 0 fully saturated rings. The van der Waals surface area contributed by atoms with E-state index in [1.54, 1.807) is 0 Å². The lowest BCUT2D eigenvalue weighted by atomic mass is 10.0. The average Bonchev–Trinajstić information content (AvgIpc) is 3.93. The van der Waals surface area contributed by atoms with Crippen molar-refractivity contribution in [3.8, 4) is 45.0 Å². The van der Waals surface area contributed by atoms with E-state index in [0.717, 1.165) is 61.3 Å². The Labute approximate surface area is 328 Å². The van der Waals surface area contributed by atoms with Gasteiger partial charge < -0.3 is 8.98 Å². The molecule has 0 atom stereocenters. The minimum absolute atomic E-state index is 0.866. The van der Waals surface area contributed by atoms with Crippen molar-refractivity contribution in [3.05, 3.63) is 200 Å². The van der Waals surface area contributed by atoms with Crippen molar-refractivity contribution in [2.75, 3.05) is 0 Å². The number of nitrogens with zero attached hydrogens (tertiary/aromatic N) is 3. The van der Waals surface area contributed by atoms with E-state index in [1.165, 1.54) is 49.3 Å². The second kappa shape index (κ2) is 12.4. The van der Waals surface area contributed by atoms with Crippen LogP contribution in [0.3, 0.4) is 0 Å². The van der Waals surface area contributed by atoms with E-state index in [9.17, 15) is 0 Å². The van der Waals surface area contributed by atoms with E-state index in [1.807, 2.05) is 12.1 Å². The smallest absolute Gasteiger partial charge is 0.138 e. The first-order chi connectivity index (χ1) is 28.2. The van der Waals surface area contributed by atoms with Crippen molar-refractivity contribution in [2.45, 2.75) is 0 Å². The third kappa shape index (κ3) is 4.98. The minimum atomic E-state index is 0.866. The van der Waals surface area contributed by atoms with Crippen molar-refractivity contribution < 1.29 is 4.42 Å².